The van der Waals surface area contributed by atoms with E-state index in [9.17, 15) is 14.0 Å². The average molecular weight is 394 g/mol. The summed E-state index contributed by atoms with van der Waals surface area (Å²) < 4.78 is 14.6. The maximum absolute atomic E-state index is 13.1. The Kier molecular flexibility index (Phi) is 5.67. The van der Waals surface area contributed by atoms with Crippen LogP contribution < -0.4 is 10.9 Å². The largest absolute Gasteiger partial charge is 0.346 e. The number of hydrogen-bond donors (Lipinski definition) is 1. The summed E-state index contributed by atoms with van der Waals surface area (Å²) >= 11 is 0. The maximum atomic E-state index is 13.1. The van der Waals surface area contributed by atoms with Crippen LogP contribution in [0.15, 0.2) is 53.3 Å². The van der Waals surface area contributed by atoms with Crippen LogP contribution in [0.2, 0.25) is 0 Å². The zero-order valence-corrected chi connectivity index (χ0v) is 16.1. The number of carbonyl (C=O) groups excluding carboxylic acids is 1. The number of hydrogen-bond acceptors (Lipinski definition) is 4. The minimum absolute atomic E-state index is 0.117. The molecule has 0 aliphatic carbocycles. The normalized spacial score (nSPS) is 14.4. The fourth-order valence-corrected chi connectivity index (χ4v) is 3.70. The summed E-state index contributed by atoms with van der Waals surface area (Å²) in [4.78, 5) is 27.5. The van der Waals surface area contributed by atoms with Gasteiger partial charge in [0, 0.05) is 17.5 Å². The molecule has 0 saturated carbocycles. The second kappa shape index (κ2) is 8.53. The first-order valence-electron chi connectivity index (χ1n) is 9.87. The first-order chi connectivity index (χ1) is 14.1. The number of benzene rings is 2. The molecule has 4 rings (SSSR count). The molecule has 0 atom stereocenters. The lowest BCUT2D eigenvalue weighted by Crippen LogP contribution is -2.32. The second-order valence-corrected chi connectivity index (χ2v) is 7.26. The van der Waals surface area contributed by atoms with Gasteiger partial charge in [-0.2, -0.15) is 5.10 Å². The summed E-state index contributed by atoms with van der Waals surface area (Å²) in [5, 5.41) is 8.69. The molecule has 1 aliphatic rings. The van der Waals surface area contributed by atoms with E-state index in [0.717, 1.165) is 25.0 Å². The standard InChI is InChI=1S/C22H23FN4O2/c23-17-9-7-16(8-10-17)21(28)24-15-20-18-5-1-2-6-19(18)22(29)27(25-20)14-13-26-11-3-4-12-26/h1-2,5-10H,3-4,11-15H2,(H,24,28). The van der Waals surface area contributed by atoms with Gasteiger partial charge in [-0.15, -0.1) is 0 Å². The van der Waals surface area contributed by atoms with E-state index in [0.29, 0.717) is 23.2 Å². The van der Waals surface area contributed by atoms with Gasteiger partial charge in [0.25, 0.3) is 11.5 Å². The lowest BCUT2D eigenvalue weighted by molar-refractivity contribution is 0.0950. The van der Waals surface area contributed by atoms with E-state index in [1.807, 2.05) is 18.2 Å². The summed E-state index contributed by atoms with van der Waals surface area (Å²) in [5.41, 5.74) is 0.892. The van der Waals surface area contributed by atoms with Gasteiger partial charge in [0.1, 0.15) is 5.82 Å². The lowest BCUT2D eigenvalue weighted by atomic mass is 10.1. The topological polar surface area (TPSA) is 67.2 Å². The Hall–Kier alpha value is -3.06. The van der Waals surface area contributed by atoms with Crippen LogP contribution in [0.4, 0.5) is 4.39 Å². The molecule has 7 heteroatoms. The van der Waals surface area contributed by atoms with Crippen molar-refractivity contribution in [1.29, 1.82) is 0 Å². The summed E-state index contributed by atoms with van der Waals surface area (Å²) in [5.74, 6) is -0.704. The summed E-state index contributed by atoms with van der Waals surface area (Å²) in [6, 6.07) is 12.7. The molecule has 1 saturated heterocycles. The van der Waals surface area contributed by atoms with Crippen molar-refractivity contribution >= 4 is 16.7 Å². The highest BCUT2D eigenvalue weighted by Gasteiger charge is 2.15. The molecule has 0 radical (unpaired) electrons. The van der Waals surface area contributed by atoms with Crippen LogP contribution >= 0.6 is 0 Å². The Morgan fingerprint density at radius 2 is 1.69 bits per heavy atom. The number of carbonyl (C=O) groups is 1. The van der Waals surface area contributed by atoms with Crippen LogP contribution in [-0.4, -0.2) is 40.2 Å². The van der Waals surface area contributed by atoms with E-state index in [2.05, 4.69) is 15.3 Å². The van der Waals surface area contributed by atoms with Crippen molar-refractivity contribution in [3.05, 3.63) is 76.0 Å². The number of aromatic nitrogens is 2. The van der Waals surface area contributed by atoms with Crippen LogP contribution in [0.25, 0.3) is 10.8 Å². The predicted octanol–water partition coefficient (Wildman–Crippen LogP) is 2.56. The molecule has 2 heterocycles. The van der Waals surface area contributed by atoms with Crippen molar-refractivity contribution in [2.45, 2.75) is 25.9 Å². The van der Waals surface area contributed by atoms with Crippen LogP contribution in [0.3, 0.4) is 0 Å². The van der Waals surface area contributed by atoms with Crippen LogP contribution in [0.5, 0.6) is 0 Å². The maximum Gasteiger partial charge on any atom is 0.274 e. The number of nitrogens with one attached hydrogen (secondary N) is 1. The zero-order chi connectivity index (χ0) is 20.2. The molecule has 29 heavy (non-hydrogen) atoms. The van der Waals surface area contributed by atoms with Gasteiger partial charge in [-0.1, -0.05) is 18.2 Å². The van der Waals surface area contributed by atoms with Crippen molar-refractivity contribution < 1.29 is 9.18 Å². The van der Waals surface area contributed by atoms with E-state index >= 15 is 0 Å². The molecule has 1 N–H and O–H groups in total. The van der Waals surface area contributed by atoms with Gasteiger partial charge in [-0.25, -0.2) is 9.07 Å². The van der Waals surface area contributed by atoms with Gasteiger partial charge >= 0.3 is 0 Å². The zero-order valence-electron chi connectivity index (χ0n) is 16.1. The number of halogens is 1. The molecule has 1 aromatic heterocycles. The van der Waals surface area contributed by atoms with E-state index in [4.69, 9.17) is 0 Å². The molecule has 150 valence electrons. The highest BCUT2D eigenvalue weighted by Crippen LogP contribution is 2.14. The third-order valence-corrected chi connectivity index (χ3v) is 5.29. The molecular weight excluding hydrogens is 371 g/mol. The Morgan fingerprint density at radius 3 is 2.41 bits per heavy atom. The van der Waals surface area contributed by atoms with E-state index in [1.165, 1.54) is 41.8 Å². The molecule has 0 unspecified atom stereocenters. The van der Waals surface area contributed by atoms with E-state index in [1.54, 1.807) is 6.07 Å². The highest BCUT2D eigenvalue weighted by molar-refractivity contribution is 5.94. The van der Waals surface area contributed by atoms with Gasteiger partial charge in [0.05, 0.1) is 24.2 Å². The Balaban J connectivity index is 1.56. The molecule has 1 fully saturated rings. The molecular formula is C22H23FN4O2. The minimum atomic E-state index is -0.390. The fraction of sp³-hybridized carbons (Fsp3) is 0.318. The summed E-state index contributed by atoms with van der Waals surface area (Å²) in [7, 11) is 0. The fourth-order valence-electron chi connectivity index (χ4n) is 3.70. The number of amides is 1. The summed E-state index contributed by atoms with van der Waals surface area (Å²) in [6.45, 7) is 3.60. The smallest absolute Gasteiger partial charge is 0.274 e. The average Bonchev–Trinajstić information content (AvgIpc) is 3.26. The number of rotatable bonds is 6. The van der Waals surface area contributed by atoms with Crippen molar-refractivity contribution in [2.75, 3.05) is 19.6 Å². The molecule has 1 aliphatic heterocycles. The van der Waals surface area contributed by atoms with Gasteiger partial charge in [0.15, 0.2) is 0 Å². The van der Waals surface area contributed by atoms with Gasteiger partial charge in [-0.3, -0.25) is 9.59 Å². The van der Waals surface area contributed by atoms with Crippen molar-refractivity contribution in [3.63, 3.8) is 0 Å². The van der Waals surface area contributed by atoms with Crippen LogP contribution in [0, 0.1) is 5.82 Å². The van der Waals surface area contributed by atoms with Crippen molar-refractivity contribution in [3.8, 4) is 0 Å². The van der Waals surface area contributed by atoms with E-state index < -0.39 is 0 Å². The predicted molar refractivity (Wildman–Crippen MR) is 109 cm³/mol. The van der Waals surface area contributed by atoms with Crippen LogP contribution in [0.1, 0.15) is 28.9 Å². The third-order valence-electron chi connectivity index (χ3n) is 5.29. The molecule has 0 bridgehead atoms. The quantitative estimate of drug-likeness (QED) is 0.698. The van der Waals surface area contributed by atoms with Gasteiger partial charge in [-0.05, 0) is 56.3 Å². The monoisotopic (exact) mass is 394 g/mol. The Labute approximate surface area is 167 Å². The molecule has 3 aromatic rings. The molecule has 2 aromatic carbocycles. The SMILES string of the molecule is O=C(NCc1nn(CCN2CCCC2)c(=O)c2ccccc12)c1ccc(F)cc1. The van der Waals surface area contributed by atoms with Crippen molar-refractivity contribution in [1.82, 2.24) is 20.0 Å². The second-order valence-electron chi connectivity index (χ2n) is 7.26. The number of likely N-dealkylation sites (tertiary alicyclic amines) is 1. The minimum Gasteiger partial charge on any atom is -0.346 e. The van der Waals surface area contributed by atoms with Crippen molar-refractivity contribution in [2.24, 2.45) is 0 Å². The molecule has 0 spiro atoms. The number of nitrogens with zero attached hydrogens (tertiary/aromatic N) is 3. The highest BCUT2D eigenvalue weighted by atomic mass is 19.1. The Bertz CT molecular complexity index is 1070. The molecule has 6 nitrogen and oxygen atoms in total. The lowest BCUT2D eigenvalue weighted by Gasteiger charge is -2.16. The number of fused-ring (bicyclic) bond motifs is 1. The van der Waals surface area contributed by atoms with Crippen LogP contribution in [-0.2, 0) is 13.1 Å². The summed E-state index contributed by atoms with van der Waals surface area (Å²) in [6.07, 6.45) is 2.39. The first-order valence-corrected chi connectivity index (χ1v) is 9.87. The van der Waals surface area contributed by atoms with Gasteiger partial charge in [0.2, 0.25) is 0 Å². The third kappa shape index (κ3) is 4.35. The first kappa shape index (κ1) is 19.3. The molecule has 1 amide bonds. The van der Waals surface area contributed by atoms with Gasteiger partial charge < -0.3 is 10.2 Å². The van der Waals surface area contributed by atoms with E-state index in [-0.39, 0.29) is 23.8 Å². The Morgan fingerprint density at radius 1 is 1.00 bits per heavy atom.